The van der Waals surface area contributed by atoms with Gasteiger partial charge < -0.3 is 9.73 Å². The van der Waals surface area contributed by atoms with Crippen LogP contribution < -0.4 is 5.32 Å². The van der Waals surface area contributed by atoms with Crippen LogP contribution >= 0.6 is 0 Å². The first-order chi connectivity index (χ1) is 11.1. The lowest BCUT2D eigenvalue weighted by molar-refractivity contribution is -0.384. The smallest absolute Gasteiger partial charge is 0.341 e. The Bertz CT molecular complexity index is 860. The van der Waals surface area contributed by atoms with Gasteiger partial charge in [-0.1, -0.05) is 0 Å². The minimum atomic E-state index is -4.92. The fourth-order valence-electron chi connectivity index (χ4n) is 1.88. The van der Waals surface area contributed by atoms with Gasteiger partial charge >= 0.3 is 5.76 Å². The molecule has 1 heterocycles. The zero-order chi connectivity index (χ0) is 18.1. The number of halogens is 2. The van der Waals surface area contributed by atoms with Crippen LogP contribution in [0.25, 0.3) is 0 Å². The van der Waals surface area contributed by atoms with Crippen molar-refractivity contribution in [3.05, 3.63) is 45.7 Å². The van der Waals surface area contributed by atoms with E-state index in [1.54, 1.807) is 13.8 Å². The van der Waals surface area contributed by atoms with Crippen molar-refractivity contribution in [2.75, 3.05) is 5.32 Å². The normalized spacial score (nSPS) is 11.7. The second-order valence-corrected chi connectivity index (χ2v) is 6.76. The maximum Gasteiger partial charge on any atom is 0.341 e. The summed E-state index contributed by atoms with van der Waals surface area (Å²) in [6.45, 7) is 3.45. The third-order valence-corrected chi connectivity index (χ3v) is 4.61. The minimum Gasteiger partial charge on any atom is -0.444 e. The second-order valence-electron chi connectivity index (χ2n) is 4.84. The molecular weight excluding hydrogens is 348 g/mol. The quantitative estimate of drug-likeness (QED) is 0.621. The Morgan fingerprint density at radius 3 is 2.54 bits per heavy atom. The van der Waals surface area contributed by atoms with Crippen LogP contribution in [0.15, 0.2) is 27.5 Å². The summed E-state index contributed by atoms with van der Waals surface area (Å²) in [5.41, 5.74) is -0.0156. The summed E-state index contributed by atoms with van der Waals surface area (Å²) in [5, 5.41) is 13.8. The number of aryl methyl sites for hydroxylation is 2. The molecule has 0 saturated heterocycles. The number of hydrogen-bond acceptors (Lipinski definition) is 7. The molecule has 2 rings (SSSR count). The van der Waals surface area contributed by atoms with Gasteiger partial charge in [-0.25, -0.2) is 13.4 Å². The molecule has 1 aromatic carbocycles. The highest BCUT2D eigenvalue weighted by atomic mass is 32.2. The average molecular weight is 361 g/mol. The van der Waals surface area contributed by atoms with Gasteiger partial charge in [0.2, 0.25) is 15.7 Å². The van der Waals surface area contributed by atoms with Crippen LogP contribution in [0.2, 0.25) is 0 Å². The van der Waals surface area contributed by atoms with Gasteiger partial charge in [0.1, 0.15) is 11.4 Å². The van der Waals surface area contributed by atoms with Gasteiger partial charge in [-0.2, -0.15) is 8.78 Å². The van der Waals surface area contributed by atoms with Crippen molar-refractivity contribution in [2.24, 2.45) is 0 Å². The van der Waals surface area contributed by atoms with Crippen LogP contribution in [0.5, 0.6) is 0 Å². The second kappa shape index (κ2) is 6.51. The summed E-state index contributed by atoms with van der Waals surface area (Å²) in [6.07, 6.45) is 0. The molecule has 0 saturated carbocycles. The minimum absolute atomic E-state index is 0.0104. The first-order valence-corrected chi connectivity index (χ1v) is 8.15. The highest BCUT2D eigenvalue weighted by Crippen LogP contribution is 2.30. The molecule has 0 radical (unpaired) electrons. The van der Waals surface area contributed by atoms with Gasteiger partial charge in [-0.05, 0) is 26.0 Å². The Morgan fingerprint density at radius 2 is 2.04 bits per heavy atom. The zero-order valence-electron chi connectivity index (χ0n) is 12.6. The number of alkyl halides is 2. The molecule has 2 aromatic rings. The average Bonchev–Trinajstić information content (AvgIpc) is 2.83. The van der Waals surface area contributed by atoms with Crippen LogP contribution in [-0.4, -0.2) is 24.1 Å². The molecule has 0 aliphatic heterocycles. The summed E-state index contributed by atoms with van der Waals surface area (Å²) in [4.78, 5) is 13.5. The Hall–Kier alpha value is -2.56. The number of anilines is 1. The van der Waals surface area contributed by atoms with Gasteiger partial charge in [0, 0.05) is 6.07 Å². The summed E-state index contributed by atoms with van der Waals surface area (Å²) in [5.74, 6) is -2.78. The lowest BCUT2D eigenvalue weighted by Gasteiger charge is -2.08. The van der Waals surface area contributed by atoms with Gasteiger partial charge in [0.15, 0.2) is 0 Å². The summed E-state index contributed by atoms with van der Waals surface area (Å²) in [7, 11) is -4.92. The molecule has 0 atom stereocenters. The number of hydrogen-bond donors (Lipinski definition) is 1. The van der Waals surface area contributed by atoms with Crippen LogP contribution in [0.4, 0.5) is 20.2 Å². The van der Waals surface area contributed by atoms with Crippen molar-refractivity contribution in [3.63, 3.8) is 0 Å². The molecule has 1 aromatic heterocycles. The highest BCUT2D eigenvalue weighted by Gasteiger charge is 2.29. The molecule has 0 spiro atoms. The molecule has 0 unspecified atom stereocenters. The number of benzene rings is 1. The third kappa shape index (κ3) is 3.50. The van der Waals surface area contributed by atoms with E-state index in [1.165, 1.54) is 0 Å². The first-order valence-electron chi connectivity index (χ1n) is 6.60. The Morgan fingerprint density at radius 1 is 1.38 bits per heavy atom. The molecule has 0 aliphatic carbocycles. The van der Waals surface area contributed by atoms with Gasteiger partial charge in [0.25, 0.3) is 5.69 Å². The summed E-state index contributed by atoms with van der Waals surface area (Å²) < 4.78 is 53.2. The van der Waals surface area contributed by atoms with Gasteiger partial charge in [-0.3, -0.25) is 10.1 Å². The Labute approximate surface area is 135 Å². The van der Waals surface area contributed by atoms with Crippen molar-refractivity contribution in [2.45, 2.75) is 31.0 Å². The largest absolute Gasteiger partial charge is 0.444 e. The number of nitro groups is 1. The van der Waals surface area contributed by atoms with E-state index in [9.17, 15) is 27.3 Å². The van der Waals surface area contributed by atoms with Gasteiger partial charge in [0.05, 0.1) is 22.1 Å². The zero-order valence-corrected chi connectivity index (χ0v) is 13.4. The lowest BCUT2D eigenvalue weighted by Crippen LogP contribution is -2.12. The van der Waals surface area contributed by atoms with Crippen LogP contribution in [0.3, 0.4) is 0 Å². The molecule has 1 N–H and O–H groups in total. The monoisotopic (exact) mass is 361 g/mol. The van der Waals surface area contributed by atoms with E-state index >= 15 is 0 Å². The van der Waals surface area contributed by atoms with E-state index in [-0.39, 0.29) is 18.1 Å². The number of oxazole rings is 1. The molecule has 0 bridgehead atoms. The number of nitro benzene ring substituents is 1. The maximum absolute atomic E-state index is 12.5. The van der Waals surface area contributed by atoms with E-state index in [4.69, 9.17) is 4.42 Å². The number of rotatable bonds is 6. The first kappa shape index (κ1) is 17.8. The van der Waals surface area contributed by atoms with Crippen LogP contribution in [-0.2, 0) is 16.4 Å². The molecular formula is C13H13F2N3O5S. The number of nitrogens with zero attached hydrogens (tertiary/aromatic N) is 2. The van der Waals surface area contributed by atoms with E-state index in [2.05, 4.69) is 10.3 Å². The van der Waals surface area contributed by atoms with E-state index in [0.717, 1.165) is 12.1 Å². The van der Waals surface area contributed by atoms with Gasteiger partial charge in [-0.15, -0.1) is 0 Å². The number of sulfone groups is 1. The van der Waals surface area contributed by atoms with Crippen LogP contribution in [0, 0.1) is 24.0 Å². The highest BCUT2D eigenvalue weighted by molar-refractivity contribution is 7.91. The molecule has 24 heavy (non-hydrogen) atoms. The fraction of sp³-hybridized carbons (Fsp3) is 0.308. The predicted octanol–water partition coefficient (Wildman–Crippen LogP) is 2.81. The summed E-state index contributed by atoms with van der Waals surface area (Å²) >= 11 is 0. The van der Waals surface area contributed by atoms with Crippen molar-refractivity contribution in [3.8, 4) is 0 Å². The molecule has 8 nitrogen and oxygen atoms in total. The van der Waals surface area contributed by atoms with Crippen molar-refractivity contribution >= 4 is 21.2 Å². The van der Waals surface area contributed by atoms with Crippen molar-refractivity contribution < 1.29 is 26.5 Å². The van der Waals surface area contributed by atoms with Crippen molar-refractivity contribution in [1.82, 2.24) is 4.98 Å². The molecule has 0 aliphatic rings. The molecule has 130 valence electrons. The van der Waals surface area contributed by atoms with E-state index in [0.29, 0.717) is 17.5 Å². The number of nitrogens with one attached hydrogen (secondary N) is 1. The third-order valence-electron chi connectivity index (χ3n) is 3.23. The Balaban J connectivity index is 2.32. The molecule has 11 heteroatoms. The van der Waals surface area contributed by atoms with Crippen LogP contribution in [0.1, 0.15) is 17.3 Å². The number of aromatic nitrogens is 1. The fourth-order valence-corrected chi connectivity index (χ4v) is 2.62. The predicted molar refractivity (Wildman–Crippen MR) is 79.6 cm³/mol. The van der Waals surface area contributed by atoms with E-state index < -0.39 is 31.1 Å². The van der Waals surface area contributed by atoms with E-state index in [1.807, 2.05) is 0 Å². The van der Waals surface area contributed by atoms with Crippen molar-refractivity contribution in [1.29, 1.82) is 0 Å². The topological polar surface area (TPSA) is 115 Å². The molecule has 0 fully saturated rings. The lowest BCUT2D eigenvalue weighted by atomic mass is 10.2. The Kier molecular flexibility index (Phi) is 4.83. The SMILES string of the molecule is Cc1nc(CNc2ccc(S(=O)(=O)C(F)F)cc2[N+](=O)[O-])oc1C. The summed E-state index contributed by atoms with van der Waals surface area (Å²) in [6, 6.07) is 2.52. The molecule has 0 amide bonds. The standard InChI is InChI=1S/C13H13F2N3O5S/c1-7-8(2)23-12(17-7)6-16-10-4-3-9(5-11(10)18(19)20)24(21,22)13(14)15/h3-5,13,16H,6H2,1-2H3. The maximum atomic E-state index is 12.5.